The molecule has 0 aliphatic heterocycles. The monoisotopic (exact) mass is 254 g/mol. The lowest BCUT2D eigenvalue weighted by Gasteiger charge is -2.12. The van der Waals surface area contributed by atoms with Crippen molar-refractivity contribution in [3.8, 4) is 0 Å². The summed E-state index contributed by atoms with van der Waals surface area (Å²) in [7, 11) is 0. The van der Waals surface area contributed by atoms with Crippen molar-refractivity contribution >= 4 is 17.9 Å². The first-order valence-corrected chi connectivity index (χ1v) is 5.43. The molecule has 0 rings (SSSR count). The SMILES string of the molecule is C=CCC(C)NC(=O)NC(=O)/C(C)=C(/C)C(=O)O. The van der Waals surface area contributed by atoms with Crippen LogP contribution in [0.5, 0.6) is 0 Å². The molecular weight excluding hydrogens is 236 g/mol. The fourth-order valence-electron chi connectivity index (χ4n) is 1.10. The molecule has 0 aromatic heterocycles. The number of carboxylic acids is 1. The molecule has 3 N–H and O–H groups in total. The Hall–Kier alpha value is -2.11. The molecule has 6 nitrogen and oxygen atoms in total. The van der Waals surface area contributed by atoms with Gasteiger partial charge in [-0.2, -0.15) is 0 Å². The van der Waals surface area contributed by atoms with Gasteiger partial charge in [-0.1, -0.05) is 6.08 Å². The average molecular weight is 254 g/mol. The van der Waals surface area contributed by atoms with Gasteiger partial charge in [-0.25, -0.2) is 9.59 Å². The summed E-state index contributed by atoms with van der Waals surface area (Å²) in [6.07, 6.45) is 2.22. The third-order valence-electron chi connectivity index (χ3n) is 2.35. The summed E-state index contributed by atoms with van der Waals surface area (Å²) < 4.78 is 0. The molecule has 0 aromatic carbocycles. The van der Waals surface area contributed by atoms with Gasteiger partial charge in [0, 0.05) is 17.2 Å². The summed E-state index contributed by atoms with van der Waals surface area (Å²) in [4.78, 5) is 33.6. The maximum absolute atomic E-state index is 11.5. The van der Waals surface area contributed by atoms with Crippen LogP contribution in [0.4, 0.5) is 4.79 Å². The van der Waals surface area contributed by atoms with Crippen LogP contribution in [0.25, 0.3) is 0 Å². The van der Waals surface area contributed by atoms with E-state index in [4.69, 9.17) is 5.11 Å². The number of amides is 3. The predicted molar refractivity (Wildman–Crippen MR) is 67.0 cm³/mol. The van der Waals surface area contributed by atoms with E-state index in [9.17, 15) is 14.4 Å². The van der Waals surface area contributed by atoms with Crippen LogP contribution in [0.15, 0.2) is 23.8 Å². The molecule has 6 heteroatoms. The van der Waals surface area contributed by atoms with Crippen LogP contribution in [0.1, 0.15) is 27.2 Å². The summed E-state index contributed by atoms with van der Waals surface area (Å²) in [5.41, 5.74) is -0.103. The zero-order valence-electron chi connectivity index (χ0n) is 10.7. The molecule has 3 amide bonds. The number of aliphatic carboxylic acids is 1. The minimum Gasteiger partial charge on any atom is -0.478 e. The minimum atomic E-state index is -1.19. The molecule has 0 spiro atoms. The molecular formula is C12H18N2O4. The topological polar surface area (TPSA) is 95.5 Å². The molecule has 0 saturated carbocycles. The molecule has 1 atom stereocenters. The Morgan fingerprint density at radius 2 is 1.83 bits per heavy atom. The lowest BCUT2D eigenvalue weighted by molar-refractivity contribution is -0.133. The van der Waals surface area contributed by atoms with Gasteiger partial charge in [0.1, 0.15) is 0 Å². The van der Waals surface area contributed by atoms with Crippen LogP contribution >= 0.6 is 0 Å². The number of carbonyl (C=O) groups excluding carboxylic acids is 2. The number of imide groups is 1. The van der Waals surface area contributed by atoms with Gasteiger partial charge in [0.2, 0.25) is 0 Å². The van der Waals surface area contributed by atoms with Crippen molar-refractivity contribution < 1.29 is 19.5 Å². The normalized spacial score (nSPS) is 13.1. The van der Waals surface area contributed by atoms with Crippen molar-refractivity contribution in [1.82, 2.24) is 10.6 Å². The van der Waals surface area contributed by atoms with E-state index in [2.05, 4.69) is 17.2 Å². The van der Waals surface area contributed by atoms with E-state index in [0.717, 1.165) is 0 Å². The number of carbonyl (C=O) groups is 3. The second-order valence-electron chi connectivity index (χ2n) is 3.91. The Morgan fingerprint density at radius 1 is 1.28 bits per heavy atom. The smallest absolute Gasteiger partial charge is 0.331 e. The fourth-order valence-corrected chi connectivity index (χ4v) is 1.10. The largest absolute Gasteiger partial charge is 0.478 e. The van der Waals surface area contributed by atoms with Crippen molar-refractivity contribution in [2.24, 2.45) is 0 Å². The Balaban J connectivity index is 4.50. The average Bonchev–Trinajstić information content (AvgIpc) is 2.26. The van der Waals surface area contributed by atoms with Gasteiger partial charge in [-0.3, -0.25) is 10.1 Å². The van der Waals surface area contributed by atoms with Crippen LogP contribution in [0.2, 0.25) is 0 Å². The van der Waals surface area contributed by atoms with Crippen molar-refractivity contribution in [1.29, 1.82) is 0 Å². The van der Waals surface area contributed by atoms with E-state index in [1.807, 2.05) is 0 Å². The summed E-state index contributed by atoms with van der Waals surface area (Å²) in [6, 6.07) is -0.813. The van der Waals surface area contributed by atoms with E-state index in [1.54, 1.807) is 13.0 Å². The van der Waals surface area contributed by atoms with E-state index in [1.165, 1.54) is 13.8 Å². The maximum Gasteiger partial charge on any atom is 0.331 e. The molecule has 0 aliphatic rings. The molecule has 100 valence electrons. The van der Waals surface area contributed by atoms with Gasteiger partial charge in [0.25, 0.3) is 5.91 Å². The Bertz CT molecular complexity index is 399. The van der Waals surface area contributed by atoms with Gasteiger partial charge in [0.15, 0.2) is 0 Å². The molecule has 0 saturated heterocycles. The number of carboxylic acid groups (broad SMARTS) is 1. The lowest BCUT2D eigenvalue weighted by Crippen LogP contribution is -2.43. The van der Waals surface area contributed by atoms with Gasteiger partial charge in [0.05, 0.1) is 0 Å². The standard InChI is InChI=1S/C12H18N2O4/c1-5-6-7(2)13-12(18)14-10(15)8(3)9(4)11(16)17/h5,7H,1,6H2,2-4H3,(H,16,17)(H2,13,14,15,18)/b9-8-. The van der Waals surface area contributed by atoms with Crippen LogP contribution < -0.4 is 10.6 Å². The molecule has 0 heterocycles. The second kappa shape index (κ2) is 7.26. The number of urea groups is 1. The van der Waals surface area contributed by atoms with E-state index >= 15 is 0 Å². The highest BCUT2D eigenvalue weighted by Gasteiger charge is 2.15. The van der Waals surface area contributed by atoms with Gasteiger partial charge < -0.3 is 10.4 Å². The van der Waals surface area contributed by atoms with Crippen LogP contribution in [-0.2, 0) is 9.59 Å². The molecule has 0 aromatic rings. The zero-order valence-corrected chi connectivity index (χ0v) is 10.7. The van der Waals surface area contributed by atoms with E-state index in [0.29, 0.717) is 6.42 Å². The highest BCUT2D eigenvalue weighted by atomic mass is 16.4. The predicted octanol–water partition coefficient (Wildman–Crippen LogP) is 1.20. The van der Waals surface area contributed by atoms with Gasteiger partial charge in [-0.05, 0) is 27.2 Å². The quantitative estimate of drug-likeness (QED) is 0.507. The van der Waals surface area contributed by atoms with Crippen molar-refractivity contribution in [3.63, 3.8) is 0 Å². The fraction of sp³-hybridized carbons (Fsp3) is 0.417. The second-order valence-corrected chi connectivity index (χ2v) is 3.91. The molecule has 18 heavy (non-hydrogen) atoms. The molecule has 1 unspecified atom stereocenters. The van der Waals surface area contributed by atoms with E-state index in [-0.39, 0.29) is 17.2 Å². The summed E-state index contributed by atoms with van der Waals surface area (Å²) in [6.45, 7) is 7.94. The number of hydrogen-bond acceptors (Lipinski definition) is 3. The number of nitrogens with one attached hydrogen (secondary N) is 2. The minimum absolute atomic E-state index is 0.00553. The highest BCUT2D eigenvalue weighted by Crippen LogP contribution is 2.03. The number of hydrogen-bond donors (Lipinski definition) is 3. The third kappa shape index (κ3) is 5.29. The van der Waals surface area contributed by atoms with Gasteiger partial charge >= 0.3 is 12.0 Å². The first kappa shape index (κ1) is 15.9. The first-order chi connectivity index (χ1) is 8.29. The van der Waals surface area contributed by atoms with Crippen LogP contribution in [0.3, 0.4) is 0 Å². The van der Waals surface area contributed by atoms with Gasteiger partial charge in [-0.15, -0.1) is 6.58 Å². The molecule has 0 fully saturated rings. The molecule has 0 radical (unpaired) electrons. The molecule has 0 aliphatic carbocycles. The number of rotatable bonds is 5. The van der Waals surface area contributed by atoms with Crippen molar-refractivity contribution in [2.75, 3.05) is 0 Å². The summed E-state index contributed by atoms with van der Waals surface area (Å²) in [5, 5.41) is 13.3. The van der Waals surface area contributed by atoms with Crippen LogP contribution in [0, 0.1) is 0 Å². The van der Waals surface area contributed by atoms with Crippen molar-refractivity contribution in [3.05, 3.63) is 23.8 Å². The Morgan fingerprint density at radius 3 is 2.28 bits per heavy atom. The Labute approximate surface area is 106 Å². The van der Waals surface area contributed by atoms with E-state index < -0.39 is 17.9 Å². The Kier molecular flexibility index (Phi) is 6.41. The first-order valence-electron chi connectivity index (χ1n) is 5.43. The maximum atomic E-state index is 11.5. The van der Waals surface area contributed by atoms with Crippen molar-refractivity contribution in [2.45, 2.75) is 33.2 Å². The third-order valence-corrected chi connectivity index (χ3v) is 2.35. The summed E-state index contributed by atoms with van der Waals surface area (Å²) in [5.74, 6) is -1.92. The summed E-state index contributed by atoms with van der Waals surface area (Å²) >= 11 is 0. The lowest BCUT2D eigenvalue weighted by atomic mass is 10.1. The molecule has 0 bridgehead atoms. The highest BCUT2D eigenvalue weighted by molar-refractivity contribution is 6.07. The zero-order chi connectivity index (χ0) is 14.3. The van der Waals surface area contributed by atoms with Crippen LogP contribution in [-0.4, -0.2) is 29.1 Å².